The van der Waals surface area contributed by atoms with Gasteiger partial charge in [0.2, 0.25) is 0 Å². The molecule has 2 heteroatoms. The van der Waals surface area contributed by atoms with E-state index in [4.69, 9.17) is 0 Å². The first-order valence-corrected chi connectivity index (χ1v) is 4.96. The molecule has 1 aromatic rings. The summed E-state index contributed by atoms with van der Waals surface area (Å²) in [5, 5.41) is 9.98. The highest BCUT2D eigenvalue weighted by Gasteiger charge is 2.21. The molecule has 0 amide bonds. The molecular weight excluding hydrogens is 174 g/mol. The van der Waals surface area contributed by atoms with E-state index in [-0.39, 0.29) is 0 Å². The van der Waals surface area contributed by atoms with Gasteiger partial charge in [-0.3, -0.25) is 4.90 Å². The summed E-state index contributed by atoms with van der Waals surface area (Å²) in [6.07, 6.45) is 1.66. The molecule has 1 N–H and O–H groups in total. The highest BCUT2D eigenvalue weighted by molar-refractivity contribution is 5.14. The largest absolute Gasteiger partial charge is 0.376 e. The maximum Gasteiger partial charge on any atom is 0.115 e. The lowest BCUT2D eigenvalue weighted by atomic mass is 10.0. The zero-order chi connectivity index (χ0) is 10.6. The SMILES string of the molecule is CN(C)C(C)(O)CCc1ccccc1. The van der Waals surface area contributed by atoms with Gasteiger partial charge in [0.05, 0.1) is 0 Å². The van der Waals surface area contributed by atoms with Crippen LogP contribution in [0.4, 0.5) is 0 Å². The Hall–Kier alpha value is -0.860. The molecule has 0 saturated heterocycles. The van der Waals surface area contributed by atoms with Crippen molar-refractivity contribution < 1.29 is 5.11 Å². The van der Waals surface area contributed by atoms with E-state index in [1.54, 1.807) is 0 Å². The third kappa shape index (κ3) is 3.13. The lowest BCUT2D eigenvalue weighted by Crippen LogP contribution is -2.41. The van der Waals surface area contributed by atoms with Gasteiger partial charge in [-0.2, -0.15) is 0 Å². The third-order valence-electron chi connectivity index (χ3n) is 2.69. The van der Waals surface area contributed by atoms with Crippen LogP contribution in [-0.4, -0.2) is 29.8 Å². The van der Waals surface area contributed by atoms with Gasteiger partial charge in [0.1, 0.15) is 5.72 Å². The number of benzene rings is 1. The normalized spacial score (nSPS) is 15.5. The molecule has 1 aromatic carbocycles. The maximum atomic E-state index is 9.98. The van der Waals surface area contributed by atoms with Crippen LogP contribution < -0.4 is 0 Å². The second-order valence-corrected chi connectivity index (χ2v) is 4.10. The zero-order valence-electron chi connectivity index (χ0n) is 9.20. The summed E-state index contributed by atoms with van der Waals surface area (Å²) in [5.41, 5.74) is 0.560. The van der Waals surface area contributed by atoms with Crippen LogP contribution in [-0.2, 0) is 6.42 Å². The smallest absolute Gasteiger partial charge is 0.115 e. The van der Waals surface area contributed by atoms with Crippen LogP contribution in [0, 0.1) is 0 Å². The first kappa shape index (κ1) is 11.2. The molecule has 1 rings (SSSR count). The lowest BCUT2D eigenvalue weighted by Gasteiger charge is -2.30. The molecule has 0 aliphatic heterocycles. The molecule has 0 fully saturated rings. The number of aryl methyl sites for hydroxylation is 1. The standard InChI is InChI=1S/C12H19NO/c1-12(14,13(2)3)10-9-11-7-5-4-6-8-11/h4-8,14H,9-10H2,1-3H3. The number of hydrogen-bond donors (Lipinski definition) is 1. The first-order valence-electron chi connectivity index (χ1n) is 4.96. The fourth-order valence-corrected chi connectivity index (χ4v) is 1.25. The minimum atomic E-state index is -0.712. The Morgan fingerprint density at radius 1 is 1.21 bits per heavy atom. The molecule has 0 bridgehead atoms. The van der Waals surface area contributed by atoms with Gasteiger partial charge in [0, 0.05) is 0 Å². The molecule has 0 spiro atoms. The summed E-state index contributed by atoms with van der Waals surface area (Å²) in [6.45, 7) is 1.84. The third-order valence-corrected chi connectivity index (χ3v) is 2.69. The molecule has 0 heterocycles. The quantitative estimate of drug-likeness (QED) is 0.738. The van der Waals surface area contributed by atoms with Crippen molar-refractivity contribution >= 4 is 0 Å². The van der Waals surface area contributed by atoms with Crippen molar-refractivity contribution in [2.45, 2.75) is 25.5 Å². The second kappa shape index (κ2) is 4.58. The summed E-state index contributed by atoms with van der Waals surface area (Å²) >= 11 is 0. The van der Waals surface area contributed by atoms with E-state index in [2.05, 4.69) is 12.1 Å². The molecule has 1 unspecified atom stereocenters. The Morgan fingerprint density at radius 2 is 1.79 bits per heavy atom. The average molecular weight is 193 g/mol. The van der Waals surface area contributed by atoms with Crippen molar-refractivity contribution in [2.24, 2.45) is 0 Å². The lowest BCUT2D eigenvalue weighted by molar-refractivity contribution is -0.0715. The van der Waals surface area contributed by atoms with Gasteiger partial charge in [0.25, 0.3) is 0 Å². The predicted molar refractivity (Wildman–Crippen MR) is 59.1 cm³/mol. The van der Waals surface area contributed by atoms with Crippen LogP contribution in [0.15, 0.2) is 30.3 Å². The average Bonchev–Trinajstić information content (AvgIpc) is 2.16. The first-order chi connectivity index (χ1) is 6.52. The number of hydrogen-bond acceptors (Lipinski definition) is 2. The van der Waals surface area contributed by atoms with Crippen molar-refractivity contribution in [3.05, 3.63) is 35.9 Å². The summed E-state index contributed by atoms with van der Waals surface area (Å²) in [5.74, 6) is 0. The van der Waals surface area contributed by atoms with E-state index in [0.29, 0.717) is 0 Å². The molecule has 14 heavy (non-hydrogen) atoms. The van der Waals surface area contributed by atoms with Crippen molar-refractivity contribution in [1.29, 1.82) is 0 Å². The van der Waals surface area contributed by atoms with Crippen LogP contribution >= 0.6 is 0 Å². The molecule has 78 valence electrons. The summed E-state index contributed by atoms with van der Waals surface area (Å²) in [4.78, 5) is 1.84. The van der Waals surface area contributed by atoms with Crippen LogP contribution in [0.5, 0.6) is 0 Å². The molecule has 2 nitrogen and oxygen atoms in total. The molecule has 0 aromatic heterocycles. The Kier molecular flexibility index (Phi) is 3.67. The minimum absolute atomic E-state index is 0.712. The Balaban J connectivity index is 2.49. The van der Waals surface area contributed by atoms with Gasteiger partial charge in [-0.25, -0.2) is 0 Å². The molecule has 0 aliphatic rings. The summed E-state index contributed by atoms with van der Waals surface area (Å²) in [6, 6.07) is 10.2. The van der Waals surface area contributed by atoms with Gasteiger partial charge in [-0.1, -0.05) is 30.3 Å². The Bertz CT molecular complexity index is 267. The molecule has 0 aliphatic carbocycles. The number of nitrogens with zero attached hydrogens (tertiary/aromatic N) is 1. The van der Waals surface area contributed by atoms with Crippen LogP contribution in [0.1, 0.15) is 18.9 Å². The van der Waals surface area contributed by atoms with Gasteiger partial charge in [-0.15, -0.1) is 0 Å². The summed E-state index contributed by atoms with van der Waals surface area (Å²) in [7, 11) is 3.79. The van der Waals surface area contributed by atoms with Crippen molar-refractivity contribution in [3.63, 3.8) is 0 Å². The monoisotopic (exact) mass is 193 g/mol. The molecule has 1 atom stereocenters. The van der Waals surface area contributed by atoms with E-state index in [9.17, 15) is 5.11 Å². The topological polar surface area (TPSA) is 23.5 Å². The van der Waals surface area contributed by atoms with Crippen molar-refractivity contribution in [1.82, 2.24) is 4.90 Å². The predicted octanol–water partition coefficient (Wildman–Crippen LogP) is 1.89. The highest BCUT2D eigenvalue weighted by Crippen LogP contribution is 2.15. The van der Waals surface area contributed by atoms with Crippen molar-refractivity contribution in [3.8, 4) is 0 Å². The minimum Gasteiger partial charge on any atom is -0.376 e. The van der Waals surface area contributed by atoms with E-state index >= 15 is 0 Å². The molecular formula is C12H19NO. The molecule has 0 radical (unpaired) electrons. The Labute approximate surface area is 86.2 Å². The van der Waals surface area contributed by atoms with Gasteiger partial charge in [-0.05, 0) is 39.4 Å². The fourth-order valence-electron chi connectivity index (χ4n) is 1.25. The van der Waals surface area contributed by atoms with Crippen LogP contribution in [0.2, 0.25) is 0 Å². The van der Waals surface area contributed by atoms with Crippen LogP contribution in [0.25, 0.3) is 0 Å². The zero-order valence-corrected chi connectivity index (χ0v) is 9.20. The van der Waals surface area contributed by atoms with E-state index < -0.39 is 5.72 Å². The van der Waals surface area contributed by atoms with E-state index in [0.717, 1.165) is 12.8 Å². The summed E-state index contributed by atoms with van der Waals surface area (Å²) < 4.78 is 0. The maximum absolute atomic E-state index is 9.98. The highest BCUT2D eigenvalue weighted by atomic mass is 16.3. The van der Waals surface area contributed by atoms with E-state index in [1.165, 1.54) is 5.56 Å². The molecule has 0 saturated carbocycles. The van der Waals surface area contributed by atoms with Gasteiger partial charge in [0.15, 0.2) is 0 Å². The van der Waals surface area contributed by atoms with Gasteiger partial charge >= 0.3 is 0 Å². The van der Waals surface area contributed by atoms with E-state index in [1.807, 2.05) is 44.1 Å². The second-order valence-electron chi connectivity index (χ2n) is 4.10. The number of rotatable bonds is 4. The fraction of sp³-hybridized carbons (Fsp3) is 0.500. The van der Waals surface area contributed by atoms with Crippen LogP contribution in [0.3, 0.4) is 0 Å². The van der Waals surface area contributed by atoms with Gasteiger partial charge < -0.3 is 5.11 Å². The van der Waals surface area contributed by atoms with Crippen molar-refractivity contribution in [2.75, 3.05) is 14.1 Å². The Morgan fingerprint density at radius 3 is 2.29 bits per heavy atom. The number of aliphatic hydroxyl groups is 1.